The van der Waals surface area contributed by atoms with Gasteiger partial charge in [0.15, 0.2) is 0 Å². The van der Waals surface area contributed by atoms with Crippen LogP contribution in [0, 0.1) is 0 Å². The first-order valence-corrected chi connectivity index (χ1v) is 17.1. The van der Waals surface area contributed by atoms with Crippen molar-refractivity contribution in [2.45, 2.75) is 103 Å². The molecule has 46 heavy (non-hydrogen) atoms. The fraction of sp³-hybridized carbons (Fsp3) is 0.543. The summed E-state index contributed by atoms with van der Waals surface area (Å²) in [5.74, 6) is -1.09. The highest BCUT2D eigenvalue weighted by Gasteiger charge is 2.38. The van der Waals surface area contributed by atoms with Crippen LogP contribution in [0.3, 0.4) is 0 Å². The molecule has 0 fully saturated rings. The number of hydrogen-bond acceptors (Lipinski definition) is 8. The van der Waals surface area contributed by atoms with Crippen molar-refractivity contribution < 1.29 is 33.8 Å². The van der Waals surface area contributed by atoms with Crippen molar-refractivity contribution in [1.82, 2.24) is 15.5 Å². The topological polar surface area (TPSA) is 134 Å². The lowest BCUT2D eigenvalue weighted by molar-refractivity contribution is -0.159. The summed E-state index contributed by atoms with van der Waals surface area (Å²) >= 11 is 1.53. The molecule has 0 aliphatic heterocycles. The van der Waals surface area contributed by atoms with Gasteiger partial charge in [0, 0.05) is 13.0 Å². The molecular formula is C35H51N3O7S. The zero-order valence-electron chi connectivity index (χ0n) is 28.4. The van der Waals surface area contributed by atoms with Gasteiger partial charge in [0.2, 0.25) is 11.8 Å². The highest BCUT2D eigenvalue weighted by Crippen LogP contribution is 2.26. The molecule has 2 aromatic carbocycles. The van der Waals surface area contributed by atoms with Gasteiger partial charge >= 0.3 is 12.1 Å². The van der Waals surface area contributed by atoms with Crippen LogP contribution in [0.1, 0.15) is 84.9 Å². The number of nitrogens with zero attached hydrogens (tertiary/aromatic N) is 1. The Morgan fingerprint density at radius 1 is 0.870 bits per heavy atom. The number of carbonyl (C=O) groups excluding carboxylic acids is 4. The molecule has 0 spiro atoms. The number of nitrogens with one attached hydrogen (secondary N) is 2. The predicted octanol–water partition coefficient (Wildman–Crippen LogP) is 5.78. The Balaban J connectivity index is 2.58. The zero-order valence-corrected chi connectivity index (χ0v) is 29.2. The van der Waals surface area contributed by atoms with Crippen LogP contribution in [-0.4, -0.2) is 75.7 Å². The number of phenolic OH excluding ortho intramolecular Hbond substituents is 1. The Kier molecular flexibility index (Phi) is 14.9. The number of alkyl carbamates (subject to hydrolysis) is 1. The van der Waals surface area contributed by atoms with Crippen LogP contribution in [0.2, 0.25) is 0 Å². The van der Waals surface area contributed by atoms with Crippen molar-refractivity contribution in [3.63, 3.8) is 0 Å². The summed E-state index contributed by atoms with van der Waals surface area (Å²) in [6.07, 6.45) is 2.95. The minimum Gasteiger partial charge on any atom is -0.508 e. The van der Waals surface area contributed by atoms with Crippen molar-refractivity contribution >= 4 is 35.6 Å². The maximum absolute atomic E-state index is 14.4. The van der Waals surface area contributed by atoms with Crippen LogP contribution in [-0.2, 0) is 30.3 Å². The molecule has 11 heteroatoms. The van der Waals surface area contributed by atoms with E-state index in [1.807, 2.05) is 43.5 Å². The number of benzene rings is 2. The third-order valence-electron chi connectivity index (χ3n) is 6.69. The quantitative estimate of drug-likeness (QED) is 0.205. The normalized spacial score (nSPS) is 13.6. The minimum atomic E-state index is -1.18. The maximum atomic E-state index is 14.4. The highest BCUT2D eigenvalue weighted by atomic mass is 32.2. The summed E-state index contributed by atoms with van der Waals surface area (Å²) in [6.45, 7) is 12.6. The predicted molar refractivity (Wildman–Crippen MR) is 182 cm³/mol. The van der Waals surface area contributed by atoms with Gasteiger partial charge in [0.1, 0.15) is 35.1 Å². The van der Waals surface area contributed by atoms with Crippen molar-refractivity contribution in [1.29, 1.82) is 0 Å². The van der Waals surface area contributed by atoms with Gasteiger partial charge in [0.05, 0.1) is 0 Å². The number of hydrogen-bond donors (Lipinski definition) is 3. The number of carbonyl (C=O) groups is 4. The molecule has 0 bridgehead atoms. The van der Waals surface area contributed by atoms with Crippen LogP contribution in [0.15, 0.2) is 54.6 Å². The summed E-state index contributed by atoms with van der Waals surface area (Å²) in [5.41, 5.74) is -0.322. The minimum absolute atomic E-state index is 0.00510. The van der Waals surface area contributed by atoms with Crippen LogP contribution in [0.25, 0.3) is 0 Å². The number of ether oxygens (including phenoxy) is 2. The van der Waals surface area contributed by atoms with E-state index in [1.165, 1.54) is 28.8 Å². The Morgan fingerprint density at radius 2 is 1.48 bits per heavy atom. The average Bonchev–Trinajstić information content (AvgIpc) is 2.96. The molecule has 10 nitrogen and oxygen atoms in total. The second kappa shape index (κ2) is 17.8. The van der Waals surface area contributed by atoms with Gasteiger partial charge in [0.25, 0.3) is 0 Å². The molecule has 3 N–H and O–H groups in total. The molecule has 0 radical (unpaired) electrons. The summed E-state index contributed by atoms with van der Waals surface area (Å²) in [7, 11) is 0. The first-order chi connectivity index (χ1) is 21.5. The van der Waals surface area contributed by atoms with E-state index in [2.05, 4.69) is 10.6 Å². The Morgan fingerprint density at radius 3 is 2.02 bits per heavy atom. The lowest BCUT2D eigenvalue weighted by atomic mass is 10.00. The fourth-order valence-electron chi connectivity index (χ4n) is 4.63. The number of phenols is 1. The summed E-state index contributed by atoms with van der Waals surface area (Å²) in [6, 6.07) is 12.1. The van der Waals surface area contributed by atoms with E-state index < -0.39 is 53.2 Å². The van der Waals surface area contributed by atoms with E-state index in [1.54, 1.807) is 53.7 Å². The lowest BCUT2D eigenvalue weighted by Crippen LogP contribution is -2.55. The van der Waals surface area contributed by atoms with Gasteiger partial charge in [-0.05, 0) is 89.7 Å². The summed E-state index contributed by atoms with van der Waals surface area (Å²) in [4.78, 5) is 56.4. The molecule has 0 aromatic heterocycles. The van der Waals surface area contributed by atoms with Gasteiger partial charge in [-0.2, -0.15) is 11.8 Å². The van der Waals surface area contributed by atoms with Gasteiger partial charge in [-0.25, -0.2) is 9.59 Å². The van der Waals surface area contributed by atoms with Crippen LogP contribution in [0.5, 0.6) is 5.75 Å². The molecule has 0 heterocycles. The van der Waals surface area contributed by atoms with Gasteiger partial charge in [-0.1, -0.05) is 55.8 Å². The largest absolute Gasteiger partial charge is 0.508 e. The van der Waals surface area contributed by atoms with Gasteiger partial charge in [-0.3, -0.25) is 9.59 Å². The lowest BCUT2D eigenvalue weighted by Gasteiger charge is -2.35. The SMILES string of the molecule is CCCCN(C(=O)C(CCSC)NC(=O)OC(C)(C)C)C(C(=O)NC(Cc1ccccc1)C(=O)OC(C)(C)C)c1ccc(O)cc1. The van der Waals surface area contributed by atoms with Crippen molar-refractivity contribution in [2.24, 2.45) is 0 Å². The fourth-order valence-corrected chi connectivity index (χ4v) is 5.11. The molecule has 0 saturated carbocycles. The molecule has 0 aliphatic rings. The number of amides is 3. The smallest absolute Gasteiger partial charge is 0.408 e. The van der Waals surface area contributed by atoms with E-state index in [4.69, 9.17) is 9.47 Å². The molecule has 3 amide bonds. The summed E-state index contributed by atoms with van der Waals surface area (Å²) < 4.78 is 11.1. The van der Waals surface area contributed by atoms with E-state index in [0.717, 1.165) is 12.0 Å². The Hall–Kier alpha value is -3.73. The standard InChI is InChI=1S/C35H51N3O7S/c1-9-10-21-38(31(41)27(20-22-46-8)37-33(43)45-35(5,6)7)29(25-16-18-26(39)19-17-25)30(40)36-28(32(42)44-34(2,3)4)23-24-14-12-11-13-15-24/h11-19,27-29,39H,9-10,20-23H2,1-8H3,(H,36,40)(H,37,43). The van der Waals surface area contributed by atoms with E-state index in [-0.39, 0.29) is 18.7 Å². The maximum Gasteiger partial charge on any atom is 0.408 e. The Bertz CT molecular complexity index is 1270. The Labute approximate surface area is 278 Å². The summed E-state index contributed by atoms with van der Waals surface area (Å²) in [5, 5.41) is 15.6. The second-order valence-electron chi connectivity index (χ2n) is 13.1. The molecule has 3 unspecified atom stereocenters. The van der Waals surface area contributed by atoms with Gasteiger partial charge < -0.3 is 30.1 Å². The van der Waals surface area contributed by atoms with Crippen LogP contribution >= 0.6 is 11.8 Å². The second-order valence-corrected chi connectivity index (χ2v) is 14.1. The monoisotopic (exact) mass is 657 g/mol. The number of esters is 1. The molecule has 2 aromatic rings. The average molecular weight is 658 g/mol. The highest BCUT2D eigenvalue weighted by molar-refractivity contribution is 7.98. The van der Waals surface area contributed by atoms with Crippen molar-refractivity contribution in [3.05, 3.63) is 65.7 Å². The molecule has 0 aliphatic carbocycles. The van der Waals surface area contributed by atoms with Gasteiger partial charge in [-0.15, -0.1) is 0 Å². The first kappa shape index (κ1) is 38.5. The first-order valence-electron chi connectivity index (χ1n) is 15.7. The van der Waals surface area contributed by atoms with E-state index >= 15 is 0 Å². The van der Waals surface area contributed by atoms with Crippen molar-refractivity contribution in [2.75, 3.05) is 18.6 Å². The zero-order chi connectivity index (χ0) is 34.5. The van der Waals surface area contributed by atoms with E-state index in [9.17, 15) is 24.3 Å². The number of rotatable bonds is 15. The van der Waals surface area contributed by atoms with E-state index in [0.29, 0.717) is 24.2 Å². The molecule has 0 saturated heterocycles. The van der Waals surface area contributed by atoms with Crippen molar-refractivity contribution in [3.8, 4) is 5.75 Å². The third kappa shape index (κ3) is 13.3. The number of aromatic hydroxyl groups is 1. The molecular weight excluding hydrogens is 606 g/mol. The third-order valence-corrected chi connectivity index (χ3v) is 7.34. The molecule has 254 valence electrons. The molecule has 3 atom stereocenters. The molecule has 2 rings (SSSR count). The van der Waals surface area contributed by atoms with Crippen LogP contribution < -0.4 is 10.6 Å². The number of unbranched alkanes of at least 4 members (excludes halogenated alkanes) is 1. The number of thioether (sulfide) groups is 1. The van der Waals surface area contributed by atoms with Crippen LogP contribution in [0.4, 0.5) is 4.79 Å².